The zero-order valence-electron chi connectivity index (χ0n) is 14.2. The standard InChI is InChI=1S/3C5H10O.H6OSi2/c3*1-2-4-6-5-3-1;2-1-3/h3*1-5H2;2-3H3. The zero-order chi connectivity index (χ0) is 15.4. The lowest BCUT2D eigenvalue weighted by Crippen LogP contribution is -2.03. The third-order valence-corrected chi connectivity index (χ3v) is 3.23. The summed E-state index contributed by atoms with van der Waals surface area (Å²) in [6.45, 7) is 6.00. The molecule has 4 nitrogen and oxygen atoms in total. The molecule has 0 amide bonds. The molecule has 21 heavy (non-hydrogen) atoms. The van der Waals surface area contributed by atoms with E-state index in [0.29, 0.717) is 0 Å². The second kappa shape index (κ2) is 20.3. The largest absolute Gasteiger partial charge is 0.471 e. The molecule has 0 N–H and O–H groups in total. The molecule has 0 radical (unpaired) electrons. The van der Waals surface area contributed by atoms with Gasteiger partial charge in [0.1, 0.15) is 21.0 Å². The Morgan fingerprint density at radius 1 is 0.429 bits per heavy atom. The lowest BCUT2D eigenvalue weighted by atomic mass is 10.2. The van der Waals surface area contributed by atoms with Gasteiger partial charge in [-0.3, -0.25) is 0 Å². The van der Waals surface area contributed by atoms with E-state index in [1.54, 1.807) is 0 Å². The maximum Gasteiger partial charge on any atom is 0.129 e. The summed E-state index contributed by atoms with van der Waals surface area (Å²) in [7, 11) is 1.86. The van der Waals surface area contributed by atoms with E-state index >= 15 is 0 Å². The van der Waals surface area contributed by atoms with E-state index in [-0.39, 0.29) is 0 Å². The van der Waals surface area contributed by atoms with Gasteiger partial charge in [-0.2, -0.15) is 0 Å². The molecule has 0 aromatic rings. The van der Waals surface area contributed by atoms with Crippen LogP contribution in [0.15, 0.2) is 0 Å². The Morgan fingerprint density at radius 3 is 0.667 bits per heavy atom. The molecule has 3 aliphatic rings. The van der Waals surface area contributed by atoms with Crippen molar-refractivity contribution >= 4 is 21.0 Å². The molecule has 0 unspecified atom stereocenters. The molecule has 3 fully saturated rings. The SMILES string of the molecule is C1CCOCC1.C1CCOCC1.C1CCOCC1.[SiH3]O[SiH3]. The van der Waals surface area contributed by atoms with E-state index < -0.39 is 0 Å². The minimum Gasteiger partial charge on any atom is -0.471 e. The van der Waals surface area contributed by atoms with Crippen LogP contribution < -0.4 is 0 Å². The monoisotopic (exact) mass is 336 g/mol. The molecule has 0 aliphatic carbocycles. The average molecular weight is 337 g/mol. The summed E-state index contributed by atoms with van der Waals surface area (Å²) < 4.78 is 19.7. The smallest absolute Gasteiger partial charge is 0.129 e. The third kappa shape index (κ3) is 20.3. The van der Waals surface area contributed by atoms with Gasteiger partial charge in [0.05, 0.1) is 0 Å². The van der Waals surface area contributed by atoms with Crippen LogP contribution in [0.1, 0.15) is 57.8 Å². The quantitative estimate of drug-likeness (QED) is 0.621. The first-order valence-electron chi connectivity index (χ1n) is 8.55. The van der Waals surface area contributed by atoms with Crippen LogP contribution in [0.3, 0.4) is 0 Å². The van der Waals surface area contributed by atoms with Crippen molar-refractivity contribution in [3.05, 3.63) is 0 Å². The molecule has 0 saturated carbocycles. The van der Waals surface area contributed by atoms with E-state index in [4.69, 9.17) is 14.2 Å². The van der Waals surface area contributed by atoms with Crippen molar-refractivity contribution in [3.8, 4) is 0 Å². The first-order valence-corrected chi connectivity index (χ1v) is 10.2. The highest BCUT2D eigenvalue weighted by atomic mass is 28.3. The van der Waals surface area contributed by atoms with Gasteiger partial charge < -0.3 is 18.3 Å². The number of hydrogen-bond acceptors (Lipinski definition) is 4. The molecule has 0 atom stereocenters. The fourth-order valence-corrected chi connectivity index (χ4v) is 2.06. The molecule has 0 aromatic carbocycles. The molecular weight excluding hydrogens is 300 g/mol. The Labute approximate surface area is 137 Å². The van der Waals surface area contributed by atoms with Gasteiger partial charge in [-0.05, 0) is 57.8 Å². The summed E-state index contributed by atoms with van der Waals surface area (Å²) >= 11 is 0. The van der Waals surface area contributed by atoms with Gasteiger partial charge in [-0.15, -0.1) is 0 Å². The van der Waals surface area contributed by atoms with Gasteiger partial charge >= 0.3 is 0 Å². The second-order valence-electron chi connectivity index (χ2n) is 5.43. The van der Waals surface area contributed by atoms with E-state index in [1.807, 2.05) is 0 Å². The predicted molar refractivity (Wildman–Crippen MR) is 95.0 cm³/mol. The van der Waals surface area contributed by atoms with Crippen LogP contribution in [-0.2, 0) is 18.3 Å². The summed E-state index contributed by atoms with van der Waals surface area (Å²) in [5.41, 5.74) is 0. The van der Waals surface area contributed by atoms with Crippen molar-refractivity contribution in [2.75, 3.05) is 39.6 Å². The lowest BCUT2D eigenvalue weighted by molar-refractivity contribution is 0.0967. The fraction of sp³-hybridized carbons (Fsp3) is 1.00. The first-order chi connectivity index (χ1) is 10.4. The first kappa shape index (κ1) is 21.3. The maximum atomic E-state index is 5.07. The van der Waals surface area contributed by atoms with Crippen LogP contribution in [-0.4, -0.2) is 60.6 Å². The summed E-state index contributed by atoms with van der Waals surface area (Å²) in [6.07, 6.45) is 11.8. The fourth-order valence-electron chi connectivity index (χ4n) is 2.06. The van der Waals surface area contributed by atoms with Crippen LogP contribution in [0, 0.1) is 0 Å². The number of hydrogen-bond donors (Lipinski definition) is 0. The van der Waals surface area contributed by atoms with Crippen LogP contribution >= 0.6 is 0 Å². The minimum absolute atomic E-state index is 0.931. The highest BCUT2D eigenvalue weighted by molar-refractivity contribution is 6.15. The highest BCUT2D eigenvalue weighted by Gasteiger charge is 1.96. The topological polar surface area (TPSA) is 36.9 Å². The highest BCUT2D eigenvalue weighted by Crippen LogP contribution is 2.03. The Balaban J connectivity index is 0.000000262. The third-order valence-electron chi connectivity index (χ3n) is 3.23. The Morgan fingerprint density at radius 2 is 0.619 bits per heavy atom. The molecule has 0 aromatic heterocycles. The molecule has 3 saturated heterocycles. The minimum atomic E-state index is 0.931. The molecular formula is C15H36O4Si2. The van der Waals surface area contributed by atoms with Gasteiger partial charge in [0, 0.05) is 39.6 Å². The normalized spacial score (nSPS) is 21.7. The van der Waals surface area contributed by atoms with Gasteiger partial charge in [0.15, 0.2) is 0 Å². The summed E-state index contributed by atoms with van der Waals surface area (Å²) in [5, 5.41) is 0. The molecule has 0 bridgehead atoms. The van der Waals surface area contributed by atoms with Crippen molar-refractivity contribution in [1.82, 2.24) is 0 Å². The summed E-state index contributed by atoms with van der Waals surface area (Å²) in [5.74, 6) is 0. The predicted octanol–water partition coefficient (Wildman–Crippen LogP) is 1.12. The van der Waals surface area contributed by atoms with Gasteiger partial charge in [0.2, 0.25) is 0 Å². The van der Waals surface area contributed by atoms with Crippen molar-refractivity contribution in [1.29, 1.82) is 0 Å². The van der Waals surface area contributed by atoms with Crippen LogP contribution in [0.5, 0.6) is 0 Å². The van der Waals surface area contributed by atoms with E-state index in [2.05, 4.69) is 4.12 Å². The number of ether oxygens (including phenoxy) is 3. The van der Waals surface area contributed by atoms with Crippen molar-refractivity contribution in [2.24, 2.45) is 0 Å². The van der Waals surface area contributed by atoms with Crippen LogP contribution in [0.25, 0.3) is 0 Å². The van der Waals surface area contributed by atoms with E-state index in [9.17, 15) is 0 Å². The molecule has 3 aliphatic heterocycles. The van der Waals surface area contributed by atoms with Crippen molar-refractivity contribution in [3.63, 3.8) is 0 Å². The van der Waals surface area contributed by atoms with Crippen molar-refractivity contribution in [2.45, 2.75) is 57.8 Å². The van der Waals surface area contributed by atoms with Crippen molar-refractivity contribution < 1.29 is 18.3 Å². The van der Waals surface area contributed by atoms with Gasteiger partial charge in [0.25, 0.3) is 0 Å². The number of rotatable bonds is 0. The molecule has 128 valence electrons. The molecule has 3 heterocycles. The lowest BCUT2D eigenvalue weighted by Gasteiger charge is -2.08. The Bertz CT molecular complexity index is 110. The summed E-state index contributed by atoms with van der Waals surface area (Å²) in [4.78, 5) is 0. The van der Waals surface area contributed by atoms with Crippen LogP contribution in [0.2, 0.25) is 0 Å². The molecule has 0 spiro atoms. The molecule has 3 rings (SSSR count). The second-order valence-corrected chi connectivity index (χ2v) is 8.69. The summed E-state index contributed by atoms with van der Waals surface area (Å²) in [6, 6.07) is 0. The zero-order valence-corrected chi connectivity index (χ0v) is 18.2. The van der Waals surface area contributed by atoms with E-state index in [1.165, 1.54) is 57.8 Å². The van der Waals surface area contributed by atoms with Gasteiger partial charge in [-0.1, -0.05) is 0 Å². The van der Waals surface area contributed by atoms with E-state index in [0.717, 1.165) is 60.6 Å². The Kier molecular flexibility index (Phi) is 20.5. The van der Waals surface area contributed by atoms with Crippen LogP contribution in [0.4, 0.5) is 0 Å². The van der Waals surface area contributed by atoms with Gasteiger partial charge in [-0.25, -0.2) is 0 Å². The molecule has 6 heteroatoms. The Hall–Kier alpha value is 0.274. The average Bonchev–Trinajstić information content (AvgIpc) is 2.61. The maximum absolute atomic E-state index is 5.07.